The van der Waals surface area contributed by atoms with Gasteiger partial charge in [-0.15, -0.1) is 0 Å². The lowest BCUT2D eigenvalue weighted by molar-refractivity contribution is 0.101. The molecule has 0 radical (unpaired) electrons. The van der Waals surface area contributed by atoms with E-state index in [4.69, 9.17) is 4.74 Å². The van der Waals surface area contributed by atoms with Crippen LogP contribution in [0.15, 0.2) is 12.1 Å². The first-order chi connectivity index (χ1) is 7.15. The van der Waals surface area contributed by atoms with E-state index in [9.17, 15) is 4.79 Å². The molecule has 0 aliphatic carbocycles. The minimum atomic E-state index is 0.129. The molecule has 2 nitrogen and oxygen atoms in total. The highest BCUT2D eigenvalue weighted by atomic mass is 16.5. The smallest absolute Gasteiger partial charge is 0.160 e. The third-order valence-corrected chi connectivity index (χ3v) is 2.69. The van der Waals surface area contributed by atoms with Crippen molar-refractivity contribution in [1.29, 1.82) is 0 Å². The van der Waals surface area contributed by atoms with Crippen LogP contribution in [0.1, 0.15) is 42.3 Å². The molecule has 2 heteroatoms. The van der Waals surface area contributed by atoms with Crippen molar-refractivity contribution in [2.45, 2.75) is 33.6 Å². The van der Waals surface area contributed by atoms with E-state index in [2.05, 4.69) is 13.8 Å². The van der Waals surface area contributed by atoms with Gasteiger partial charge in [-0.05, 0) is 43.0 Å². The van der Waals surface area contributed by atoms with E-state index in [1.807, 2.05) is 12.1 Å². The number of hydrogen-bond acceptors (Lipinski definition) is 2. The molecule has 0 fully saturated rings. The Morgan fingerprint density at radius 1 is 1.20 bits per heavy atom. The van der Waals surface area contributed by atoms with Crippen LogP contribution in [0, 0.1) is 0 Å². The number of ether oxygens (including phenoxy) is 1. The van der Waals surface area contributed by atoms with Crippen LogP contribution in [0.3, 0.4) is 0 Å². The topological polar surface area (TPSA) is 26.3 Å². The molecule has 0 aliphatic heterocycles. The van der Waals surface area contributed by atoms with Crippen LogP contribution in [0.2, 0.25) is 0 Å². The number of Topliss-reactive ketones (excluding diaryl/α,β-unsaturated/α-hetero) is 1. The van der Waals surface area contributed by atoms with Crippen LogP contribution in [0.5, 0.6) is 5.75 Å². The van der Waals surface area contributed by atoms with Gasteiger partial charge in [0.05, 0.1) is 7.11 Å². The predicted octanol–water partition coefficient (Wildman–Crippen LogP) is 3.02. The van der Waals surface area contributed by atoms with Crippen molar-refractivity contribution in [3.63, 3.8) is 0 Å². The Labute approximate surface area is 91.3 Å². The normalized spacial score (nSPS) is 10.1. The van der Waals surface area contributed by atoms with Gasteiger partial charge in [0, 0.05) is 5.56 Å². The molecule has 15 heavy (non-hydrogen) atoms. The van der Waals surface area contributed by atoms with Crippen LogP contribution in [-0.2, 0) is 12.8 Å². The Morgan fingerprint density at radius 3 is 2.20 bits per heavy atom. The molecule has 1 aromatic rings. The van der Waals surface area contributed by atoms with Gasteiger partial charge in [-0.25, -0.2) is 0 Å². The minimum Gasteiger partial charge on any atom is -0.496 e. The van der Waals surface area contributed by atoms with E-state index in [-0.39, 0.29) is 5.78 Å². The molecule has 0 bridgehead atoms. The molecule has 1 aromatic carbocycles. The lowest BCUT2D eigenvalue weighted by Crippen LogP contribution is -2.04. The van der Waals surface area contributed by atoms with Crippen molar-refractivity contribution in [1.82, 2.24) is 0 Å². The molecule has 0 aromatic heterocycles. The van der Waals surface area contributed by atoms with Gasteiger partial charge < -0.3 is 4.74 Å². The van der Waals surface area contributed by atoms with E-state index in [1.165, 1.54) is 0 Å². The second-order valence-corrected chi connectivity index (χ2v) is 3.54. The van der Waals surface area contributed by atoms with E-state index in [1.54, 1.807) is 14.0 Å². The average molecular weight is 206 g/mol. The fourth-order valence-corrected chi connectivity index (χ4v) is 1.98. The van der Waals surface area contributed by atoms with Gasteiger partial charge in [-0.1, -0.05) is 13.8 Å². The van der Waals surface area contributed by atoms with Crippen LogP contribution >= 0.6 is 0 Å². The second kappa shape index (κ2) is 4.96. The summed E-state index contributed by atoms with van der Waals surface area (Å²) in [6, 6.07) is 3.74. The van der Waals surface area contributed by atoms with Gasteiger partial charge >= 0.3 is 0 Å². The Balaban J connectivity index is 3.40. The number of ketones is 1. The molecule has 82 valence electrons. The standard InChI is InChI=1S/C13H18O2/c1-5-10-11(6-2)13(15-4)8-7-12(10)9(3)14/h7-8H,5-6H2,1-4H3. The summed E-state index contributed by atoms with van der Waals surface area (Å²) in [7, 11) is 1.67. The zero-order chi connectivity index (χ0) is 11.4. The quantitative estimate of drug-likeness (QED) is 0.708. The van der Waals surface area contributed by atoms with Gasteiger partial charge in [0.2, 0.25) is 0 Å². The van der Waals surface area contributed by atoms with Gasteiger partial charge in [0.25, 0.3) is 0 Å². The highest BCUT2D eigenvalue weighted by Crippen LogP contribution is 2.26. The van der Waals surface area contributed by atoms with Gasteiger partial charge in [0.1, 0.15) is 5.75 Å². The summed E-state index contributed by atoms with van der Waals surface area (Å²) in [5.74, 6) is 1.02. The molecule has 0 saturated carbocycles. The van der Waals surface area contributed by atoms with Crippen molar-refractivity contribution in [2.75, 3.05) is 7.11 Å². The van der Waals surface area contributed by atoms with Crippen LogP contribution in [-0.4, -0.2) is 12.9 Å². The average Bonchev–Trinajstić information content (AvgIpc) is 2.26. The number of hydrogen-bond donors (Lipinski definition) is 0. The van der Waals surface area contributed by atoms with Gasteiger partial charge in [-0.3, -0.25) is 4.79 Å². The molecule has 1 rings (SSSR count). The van der Waals surface area contributed by atoms with Crippen LogP contribution in [0.4, 0.5) is 0 Å². The Hall–Kier alpha value is -1.31. The van der Waals surface area contributed by atoms with E-state index < -0.39 is 0 Å². The molecular weight excluding hydrogens is 188 g/mol. The number of carbonyl (C=O) groups excluding carboxylic acids is 1. The lowest BCUT2D eigenvalue weighted by atomic mass is 9.94. The third-order valence-electron chi connectivity index (χ3n) is 2.69. The molecule has 0 spiro atoms. The molecule has 0 atom stereocenters. The summed E-state index contributed by atoms with van der Waals surface area (Å²) in [5, 5.41) is 0. The fraction of sp³-hybridized carbons (Fsp3) is 0.462. The maximum atomic E-state index is 11.5. The van der Waals surface area contributed by atoms with Crippen molar-refractivity contribution in [3.05, 3.63) is 28.8 Å². The number of carbonyl (C=O) groups is 1. The summed E-state index contributed by atoms with van der Waals surface area (Å²) < 4.78 is 5.30. The zero-order valence-electron chi connectivity index (χ0n) is 9.89. The monoisotopic (exact) mass is 206 g/mol. The highest BCUT2D eigenvalue weighted by molar-refractivity contribution is 5.96. The molecule has 0 aliphatic rings. The first kappa shape index (κ1) is 11.8. The Kier molecular flexibility index (Phi) is 3.89. The second-order valence-electron chi connectivity index (χ2n) is 3.54. The summed E-state index contributed by atoms with van der Waals surface area (Å²) in [6.07, 6.45) is 1.77. The molecule has 0 N–H and O–H groups in total. The predicted molar refractivity (Wildman–Crippen MR) is 61.8 cm³/mol. The van der Waals surface area contributed by atoms with Crippen molar-refractivity contribution in [2.24, 2.45) is 0 Å². The maximum absolute atomic E-state index is 11.5. The third kappa shape index (κ3) is 2.20. The molecule has 0 amide bonds. The number of rotatable bonds is 4. The molecule has 0 unspecified atom stereocenters. The van der Waals surface area contributed by atoms with Gasteiger partial charge in [-0.2, -0.15) is 0 Å². The maximum Gasteiger partial charge on any atom is 0.160 e. The van der Waals surface area contributed by atoms with Gasteiger partial charge in [0.15, 0.2) is 5.78 Å². The van der Waals surface area contributed by atoms with Crippen molar-refractivity contribution >= 4 is 5.78 Å². The highest BCUT2D eigenvalue weighted by Gasteiger charge is 2.13. The molecule has 0 saturated heterocycles. The Bertz CT molecular complexity index is 367. The van der Waals surface area contributed by atoms with Crippen LogP contribution in [0.25, 0.3) is 0 Å². The lowest BCUT2D eigenvalue weighted by Gasteiger charge is -2.14. The molecule has 0 heterocycles. The number of methoxy groups -OCH3 is 1. The van der Waals surface area contributed by atoms with Crippen molar-refractivity contribution < 1.29 is 9.53 Å². The van der Waals surface area contributed by atoms with E-state index in [0.717, 1.165) is 35.3 Å². The summed E-state index contributed by atoms with van der Waals surface area (Å²) >= 11 is 0. The summed E-state index contributed by atoms with van der Waals surface area (Å²) in [6.45, 7) is 5.77. The van der Waals surface area contributed by atoms with Crippen LogP contribution < -0.4 is 4.74 Å². The minimum absolute atomic E-state index is 0.129. The fourth-order valence-electron chi connectivity index (χ4n) is 1.98. The largest absolute Gasteiger partial charge is 0.496 e. The van der Waals surface area contributed by atoms with Crippen molar-refractivity contribution in [3.8, 4) is 5.75 Å². The first-order valence-electron chi connectivity index (χ1n) is 5.35. The Morgan fingerprint density at radius 2 is 1.80 bits per heavy atom. The SMILES string of the molecule is CCc1c(OC)ccc(C(C)=O)c1CC. The summed E-state index contributed by atoms with van der Waals surface area (Å²) in [5.41, 5.74) is 3.12. The van der Waals surface area contributed by atoms with E-state index in [0.29, 0.717) is 0 Å². The molecular formula is C13H18O2. The summed E-state index contributed by atoms with van der Waals surface area (Å²) in [4.78, 5) is 11.5. The zero-order valence-corrected chi connectivity index (χ0v) is 9.89. The first-order valence-corrected chi connectivity index (χ1v) is 5.35. The van der Waals surface area contributed by atoms with E-state index >= 15 is 0 Å². The number of benzene rings is 1.